The lowest BCUT2D eigenvalue weighted by molar-refractivity contribution is -0.385. The monoisotopic (exact) mass is 419 g/mol. The van der Waals surface area contributed by atoms with E-state index in [1.54, 1.807) is 33.8 Å². The van der Waals surface area contributed by atoms with Crippen LogP contribution in [0.15, 0.2) is 35.2 Å². The molecular weight excluding hydrogens is 394 g/mol. The van der Waals surface area contributed by atoms with Crippen molar-refractivity contribution in [3.05, 3.63) is 62.7 Å². The van der Waals surface area contributed by atoms with Crippen LogP contribution in [0.25, 0.3) is 0 Å². The van der Waals surface area contributed by atoms with E-state index in [1.807, 2.05) is 0 Å². The fourth-order valence-electron chi connectivity index (χ4n) is 3.07. The second kappa shape index (κ2) is 8.71. The summed E-state index contributed by atoms with van der Waals surface area (Å²) >= 11 is 0. The van der Waals surface area contributed by atoms with Gasteiger partial charge in [0.15, 0.2) is 0 Å². The summed E-state index contributed by atoms with van der Waals surface area (Å²) in [7, 11) is -3.70. The molecule has 0 atom stereocenters. The predicted molar refractivity (Wildman–Crippen MR) is 112 cm³/mol. The average molecular weight is 420 g/mol. The standard InChI is InChI=1S/C20H25N3O5S/c1-6-22(7-2)29(27,28)16-11-13(3)14(4)18(12-16)21-20(24)17-9-8-10-19(15(17)5)23(25)26/h8-12H,6-7H2,1-5H3,(H,21,24). The summed E-state index contributed by atoms with van der Waals surface area (Å²) in [5.41, 5.74) is 2.05. The summed E-state index contributed by atoms with van der Waals surface area (Å²) in [6.07, 6.45) is 0. The predicted octanol–water partition coefficient (Wildman–Crippen LogP) is 3.80. The van der Waals surface area contributed by atoms with Crippen molar-refractivity contribution < 1.29 is 18.1 Å². The fourth-order valence-corrected chi connectivity index (χ4v) is 4.64. The third kappa shape index (κ3) is 4.46. The number of carbonyl (C=O) groups is 1. The Balaban J connectivity index is 2.49. The Kier molecular flexibility index (Phi) is 6.76. The highest BCUT2D eigenvalue weighted by atomic mass is 32.2. The quantitative estimate of drug-likeness (QED) is 0.542. The first-order valence-electron chi connectivity index (χ1n) is 9.21. The smallest absolute Gasteiger partial charge is 0.273 e. The third-order valence-corrected chi connectivity index (χ3v) is 7.01. The lowest BCUT2D eigenvalue weighted by atomic mass is 10.0. The molecule has 9 heteroatoms. The number of nitrogens with zero attached hydrogens (tertiary/aromatic N) is 2. The molecule has 0 spiro atoms. The molecule has 0 bridgehead atoms. The van der Waals surface area contributed by atoms with Gasteiger partial charge in [-0.1, -0.05) is 19.9 Å². The Morgan fingerprint density at radius 3 is 2.28 bits per heavy atom. The Morgan fingerprint density at radius 1 is 1.10 bits per heavy atom. The Labute approximate surface area is 170 Å². The number of aryl methyl sites for hydroxylation is 1. The molecule has 0 aliphatic carbocycles. The summed E-state index contributed by atoms with van der Waals surface area (Å²) in [5.74, 6) is -0.536. The van der Waals surface area contributed by atoms with Gasteiger partial charge >= 0.3 is 0 Å². The molecule has 0 heterocycles. The molecule has 1 N–H and O–H groups in total. The van der Waals surface area contributed by atoms with E-state index >= 15 is 0 Å². The Hall–Kier alpha value is -2.78. The molecule has 0 unspecified atom stereocenters. The van der Waals surface area contributed by atoms with Gasteiger partial charge in [-0.15, -0.1) is 0 Å². The molecule has 0 aliphatic rings. The minimum Gasteiger partial charge on any atom is -0.322 e. The van der Waals surface area contributed by atoms with Gasteiger partial charge in [0.05, 0.1) is 9.82 Å². The number of nitro groups is 1. The van der Waals surface area contributed by atoms with Gasteiger partial charge in [0, 0.05) is 36.0 Å². The average Bonchev–Trinajstić information content (AvgIpc) is 2.65. The van der Waals surface area contributed by atoms with Gasteiger partial charge in [-0.2, -0.15) is 4.31 Å². The lowest BCUT2D eigenvalue weighted by Crippen LogP contribution is -2.30. The SMILES string of the molecule is CCN(CC)S(=O)(=O)c1cc(C)c(C)c(NC(=O)c2cccc([N+](=O)[O-])c2C)c1. The second-order valence-corrected chi connectivity index (χ2v) is 8.60. The van der Waals surface area contributed by atoms with Crippen molar-refractivity contribution in [1.29, 1.82) is 0 Å². The van der Waals surface area contributed by atoms with Gasteiger partial charge in [-0.25, -0.2) is 8.42 Å². The van der Waals surface area contributed by atoms with Crippen LogP contribution in [0, 0.1) is 30.9 Å². The molecule has 156 valence electrons. The van der Waals surface area contributed by atoms with Crippen LogP contribution in [0.5, 0.6) is 0 Å². The number of nitro benzene ring substituents is 1. The first-order chi connectivity index (χ1) is 13.5. The first-order valence-corrected chi connectivity index (χ1v) is 10.6. The number of hydrogen-bond donors (Lipinski definition) is 1. The Morgan fingerprint density at radius 2 is 1.72 bits per heavy atom. The van der Waals surface area contributed by atoms with Crippen LogP contribution in [0.3, 0.4) is 0 Å². The number of anilines is 1. The van der Waals surface area contributed by atoms with E-state index in [4.69, 9.17) is 0 Å². The molecule has 8 nitrogen and oxygen atoms in total. The molecule has 1 amide bonds. The lowest BCUT2D eigenvalue weighted by Gasteiger charge is -2.20. The number of carbonyl (C=O) groups excluding carboxylic acids is 1. The van der Waals surface area contributed by atoms with Crippen molar-refractivity contribution in [2.75, 3.05) is 18.4 Å². The zero-order valence-electron chi connectivity index (χ0n) is 17.1. The molecule has 2 aromatic carbocycles. The second-order valence-electron chi connectivity index (χ2n) is 6.66. The van der Waals surface area contributed by atoms with Crippen molar-refractivity contribution in [3.63, 3.8) is 0 Å². The number of sulfonamides is 1. The Bertz CT molecular complexity index is 1060. The van der Waals surface area contributed by atoms with Crippen LogP contribution in [-0.2, 0) is 10.0 Å². The molecule has 0 radical (unpaired) electrons. The number of hydrogen-bond acceptors (Lipinski definition) is 5. The summed E-state index contributed by atoms with van der Waals surface area (Å²) in [6, 6.07) is 7.28. The van der Waals surface area contributed by atoms with Crippen molar-refractivity contribution in [2.45, 2.75) is 39.5 Å². The molecule has 2 rings (SSSR count). The van der Waals surface area contributed by atoms with Gasteiger partial charge in [-0.3, -0.25) is 14.9 Å². The van der Waals surface area contributed by atoms with E-state index in [0.29, 0.717) is 24.3 Å². The number of nitrogens with one attached hydrogen (secondary N) is 1. The van der Waals surface area contributed by atoms with Crippen LogP contribution in [0.2, 0.25) is 0 Å². The van der Waals surface area contributed by atoms with Gasteiger partial charge < -0.3 is 5.32 Å². The highest BCUT2D eigenvalue weighted by Crippen LogP contribution is 2.28. The molecule has 0 saturated heterocycles. The van der Waals surface area contributed by atoms with E-state index in [1.165, 1.54) is 35.5 Å². The van der Waals surface area contributed by atoms with Crippen LogP contribution in [-0.4, -0.2) is 36.6 Å². The molecule has 0 aromatic heterocycles. The van der Waals surface area contributed by atoms with E-state index in [0.717, 1.165) is 5.56 Å². The maximum absolute atomic E-state index is 12.9. The van der Waals surface area contributed by atoms with Gasteiger partial charge in [0.2, 0.25) is 10.0 Å². The first kappa shape index (κ1) is 22.5. The van der Waals surface area contributed by atoms with Gasteiger partial charge in [0.1, 0.15) is 0 Å². The van der Waals surface area contributed by atoms with Crippen LogP contribution in [0.4, 0.5) is 11.4 Å². The summed E-state index contributed by atoms with van der Waals surface area (Å²) < 4.78 is 27.1. The van der Waals surface area contributed by atoms with Crippen LogP contribution < -0.4 is 5.32 Å². The van der Waals surface area contributed by atoms with Gasteiger partial charge in [0.25, 0.3) is 11.6 Å². The largest absolute Gasteiger partial charge is 0.322 e. The minimum absolute atomic E-state index is 0.0929. The van der Waals surface area contributed by atoms with Crippen LogP contribution >= 0.6 is 0 Å². The van der Waals surface area contributed by atoms with Crippen molar-refractivity contribution >= 4 is 27.3 Å². The highest BCUT2D eigenvalue weighted by Gasteiger charge is 2.24. The third-order valence-electron chi connectivity index (χ3n) is 4.98. The summed E-state index contributed by atoms with van der Waals surface area (Å²) in [4.78, 5) is 23.5. The number of benzene rings is 2. The van der Waals surface area contributed by atoms with E-state index < -0.39 is 20.9 Å². The van der Waals surface area contributed by atoms with Crippen molar-refractivity contribution in [3.8, 4) is 0 Å². The fraction of sp³-hybridized carbons (Fsp3) is 0.350. The van der Waals surface area contributed by atoms with E-state index in [2.05, 4.69) is 5.32 Å². The van der Waals surface area contributed by atoms with Crippen molar-refractivity contribution in [2.24, 2.45) is 0 Å². The molecule has 0 aliphatic heterocycles. The molecule has 0 fully saturated rings. The van der Waals surface area contributed by atoms with Gasteiger partial charge in [-0.05, 0) is 50.1 Å². The van der Waals surface area contributed by atoms with E-state index in [-0.39, 0.29) is 21.7 Å². The molecular formula is C20H25N3O5S. The zero-order valence-corrected chi connectivity index (χ0v) is 18.0. The minimum atomic E-state index is -3.70. The zero-order chi connectivity index (χ0) is 21.9. The number of amides is 1. The maximum Gasteiger partial charge on any atom is 0.273 e. The molecule has 0 saturated carbocycles. The molecule has 29 heavy (non-hydrogen) atoms. The summed E-state index contributed by atoms with van der Waals surface area (Å²) in [6.45, 7) is 9.24. The van der Waals surface area contributed by atoms with Crippen LogP contribution in [0.1, 0.15) is 40.9 Å². The van der Waals surface area contributed by atoms with E-state index in [9.17, 15) is 23.3 Å². The van der Waals surface area contributed by atoms with Crippen molar-refractivity contribution in [1.82, 2.24) is 4.31 Å². The highest BCUT2D eigenvalue weighted by molar-refractivity contribution is 7.89. The summed E-state index contributed by atoms with van der Waals surface area (Å²) in [5, 5.41) is 13.8. The normalized spacial score (nSPS) is 11.5. The molecule has 2 aromatic rings. The topological polar surface area (TPSA) is 110 Å². The maximum atomic E-state index is 12.9. The number of rotatable bonds is 7.